The predicted molar refractivity (Wildman–Crippen MR) is 97.6 cm³/mol. The largest absolute Gasteiger partial charge is 0.369 e. The Balaban J connectivity index is 1.67. The van der Waals surface area contributed by atoms with Crippen molar-refractivity contribution >= 4 is 33.5 Å². The Morgan fingerprint density at radius 3 is 2.75 bits per heavy atom. The van der Waals surface area contributed by atoms with Gasteiger partial charge < -0.3 is 16.0 Å². The Kier molecular flexibility index (Phi) is 5.30. The number of pyridine rings is 2. The number of carbonyl (C=O) groups excluding carboxylic acids is 1. The van der Waals surface area contributed by atoms with Gasteiger partial charge in [-0.1, -0.05) is 6.07 Å². The molecule has 1 saturated heterocycles. The van der Waals surface area contributed by atoms with Gasteiger partial charge in [0.25, 0.3) is 0 Å². The Hall–Kier alpha value is -2.15. The van der Waals surface area contributed by atoms with Crippen molar-refractivity contribution in [1.29, 1.82) is 0 Å². The molecule has 0 aromatic carbocycles. The van der Waals surface area contributed by atoms with Gasteiger partial charge in [0, 0.05) is 48.0 Å². The van der Waals surface area contributed by atoms with Gasteiger partial charge in [0.05, 0.1) is 0 Å². The highest BCUT2D eigenvalue weighted by Crippen LogP contribution is 2.25. The van der Waals surface area contributed by atoms with Gasteiger partial charge in [0.1, 0.15) is 11.6 Å². The summed E-state index contributed by atoms with van der Waals surface area (Å²) in [6.07, 6.45) is 5.14. The van der Waals surface area contributed by atoms with Crippen LogP contribution in [0.25, 0.3) is 0 Å². The molecule has 1 amide bonds. The number of nitrogens with one attached hydrogen (secondary N) is 1. The number of nitrogens with zero attached hydrogens (tertiary/aromatic N) is 3. The number of amides is 1. The van der Waals surface area contributed by atoms with Gasteiger partial charge in [-0.2, -0.15) is 0 Å². The molecule has 7 heteroatoms. The molecule has 0 radical (unpaired) electrons. The number of halogens is 1. The lowest BCUT2D eigenvalue weighted by Crippen LogP contribution is -2.39. The maximum atomic E-state index is 11.3. The van der Waals surface area contributed by atoms with E-state index in [-0.39, 0.29) is 11.8 Å². The fourth-order valence-corrected chi connectivity index (χ4v) is 3.13. The minimum absolute atomic E-state index is 0.0153. The summed E-state index contributed by atoms with van der Waals surface area (Å²) in [4.78, 5) is 22.4. The van der Waals surface area contributed by atoms with Crippen LogP contribution in [0.2, 0.25) is 0 Å². The van der Waals surface area contributed by atoms with Gasteiger partial charge in [-0.05, 0) is 47.0 Å². The summed E-state index contributed by atoms with van der Waals surface area (Å²) in [5.74, 6) is 1.57. The van der Waals surface area contributed by atoms with E-state index in [2.05, 4.69) is 42.2 Å². The molecule has 0 unspecified atom stereocenters. The molecular formula is C17H20BrN5O. The lowest BCUT2D eigenvalue weighted by Gasteiger charge is -2.32. The van der Waals surface area contributed by atoms with Crippen LogP contribution in [-0.4, -0.2) is 29.0 Å². The molecule has 0 spiro atoms. The number of rotatable bonds is 5. The second-order valence-corrected chi connectivity index (χ2v) is 6.78. The molecule has 0 saturated carbocycles. The summed E-state index contributed by atoms with van der Waals surface area (Å²) in [7, 11) is 0. The summed E-state index contributed by atoms with van der Waals surface area (Å²) in [5.41, 5.74) is 6.52. The predicted octanol–water partition coefficient (Wildman–Crippen LogP) is 2.55. The summed E-state index contributed by atoms with van der Waals surface area (Å²) in [5, 5.41) is 3.32. The van der Waals surface area contributed by atoms with Crippen LogP contribution < -0.4 is 16.0 Å². The third-order valence-corrected chi connectivity index (χ3v) is 4.72. The van der Waals surface area contributed by atoms with E-state index < -0.39 is 0 Å². The van der Waals surface area contributed by atoms with Gasteiger partial charge in [-0.3, -0.25) is 4.79 Å². The molecule has 3 N–H and O–H groups in total. The SMILES string of the molecule is NC(=O)C1CCN(c2ncccc2CNc2ccc(Br)cn2)CC1. The summed E-state index contributed by atoms with van der Waals surface area (Å²) in [6, 6.07) is 7.88. The van der Waals surface area contributed by atoms with E-state index in [1.807, 2.05) is 18.2 Å². The number of aromatic nitrogens is 2. The molecule has 2 aromatic heterocycles. The van der Waals surface area contributed by atoms with E-state index in [1.165, 1.54) is 0 Å². The van der Waals surface area contributed by atoms with Crippen molar-refractivity contribution in [2.75, 3.05) is 23.3 Å². The number of hydrogen-bond donors (Lipinski definition) is 2. The highest BCUT2D eigenvalue weighted by atomic mass is 79.9. The minimum atomic E-state index is -0.195. The van der Waals surface area contributed by atoms with E-state index in [0.717, 1.165) is 47.6 Å². The van der Waals surface area contributed by atoms with Gasteiger partial charge >= 0.3 is 0 Å². The van der Waals surface area contributed by atoms with Crippen molar-refractivity contribution in [3.63, 3.8) is 0 Å². The number of nitrogens with two attached hydrogens (primary N) is 1. The number of piperidine rings is 1. The molecule has 3 rings (SSSR count). The van der Waals surface area contributed by atoms with Crippen molar-refractivity contribution in [1.82, 2.24) is 9.97 Å². The van der Waals surface area contributed by atoms with Crippen LogP contribution in [0.3, 0.4) is 0 Å². The van der Waals surface area contributed by atoms with Crippen LogP contribution in [0.4, 0.5) is 11.6 Å². The van der Waals surface area contributed by atoms with Crippen molar-refractivity contribution in [3.05, 3.63) is 46.7 Å². The van der Waals surface area contributed by atoms with Crippen LogP contribution in [0.5, 0.6) is 0 Å². The minimum Gasteiger partial charge on any atom is -0.369 e. The first-order valence-corrected chi connectivity index (χ1v) is 8.76. The van der Waals surface area contributed by atoms with Gasteiger partial charge in [0.2, 0.25) is 5.91 Å². The topological polar surface area (TPSA) is 84.1 Å². The molecule has 1 fully saturated rings. The van der Waals surface area contributed by atoms with Crippen molar-refractivity contribution in [2.24, 2.45) is 11.7 Å². The molecule has 24 heavy (non-hydrogen) atoms. The average molecular weight is 390 g/mol. The van der Waals surface area contributed by atoms with Gasteiger partial charge in [0.15, 0.2) is 0 Å². The maximum Gasteiger partial charge on any atom is 0.220 e. The smallest absolute Gasteiger partial charge is 0.220 e. The third kappa shape index (κ3) is 4.03. The molecule has 1 aliphatic heterocycles. The highest BCUT2D eigenvalue weighted by Gasteiger charge is 2.24. The van der Waals surface area contributed by atoms with E-state index in [4.69, 9.17) is 5.73 Å². The lowest BCUT2D eigenvalue weighted by atomic mass is 9.96. The van der Waals surface area contributed by atoms with E-state index >= 15 is 0 Å². The second kappa shape index (κ2) is 7.61. The zero-order valence-electron chi connectivity index (χ0n) is 13.3. The van der Waals surface area contributed by atoms with Crippen LogP contribution in [0, 0.1) is 5.92 Å². The second-order valence-electron chi connectivity index (χ2n) is 5.87. The summed E-state index contributed by atoms with van der Waals surface area (Å²) in [6.45, 7) is 2.25. The Bertz CT molecular complexity index is 698. The quantitative estimate of drug-likeness (QED) is 0.820. The average Bonchev–Trinajstić information content (AvgIpc) is 2.61. The van der Waals surface area contributed by atoms with E-state index in [9.17, 15) is 4.79 Å². The summed E-state index contributed by atoms with van der Waals surface area (Å²) < 4.78 is 0.951. The fraction of sp³-hybridized carbons (Fsp3) is 0.353. The van der Waals surface area contributed by atoms with Gasteiger partial charge in [-0.15, -0.1) is 0 Å². The first-order valence-electron chi connectivity index (χ1n) is 7.97. The normalized spacial score (nSPS) is 15.3. The summed E-state index contributed by atoms with van der Waals surface area (Å²) >= 11 is 3.38. The zero-order valence-corrected chi connectivity index (χ0v) is 14.9. The third-order valence-electron chi connectivity index (χ3n) is 4.25. The molecule has 0 aliphatic carbocycles. The Morgan fingerprint density at radius 2 is 2.08 bits per heavy atom. The van der Waals surface area contributed by atoms with E-state index in [0.29, 0.717) is 6.54 Å². The lowest BCUT2D eigenvalue weighted by molar-refractivity contribution is -0.122. The highest BCUT2D eigenvalue weighted by molar-refractivity contribution is 9.10. The first kappa shape index (κ1) is 16.7. The van der Waals surface area contributed by atoms with Crippen LogP contribution in [-0.2, 0) is 11.3 Å². The molecule has 3 heterocycles. The first-order chi connectivity index (χ1) is 11.6. The van der Waals surface area contributed by atoms with E-state index in [1.54, 1.807) is 12.4 Å². The number of carbonyl (C=O) groups is 1. The zero-order chi connectivity index (χ0) is 16.9. The Labute approximate surface area is 149 Å². The van der Waals surface area contributed by atoms with Crippen LogP contribution in [0.1, 0.15) is 18.4 Å². The molecule has 1 aliphatic rings. The number of primary amides is 1. The molecule has 6 nitrogen and oxygen atoms in total. The Morgan fingerprint density at radius 1 is 1.29 bits per heavy atom. The van der Waals surface area contributed by atoms with Crippen molar-refractivity contribution < 1.29 is 4.79 Å². The number of anilines is 2. The molecule has 126 valence electrons. The number of hydrogen-bond acceptors (Lipinski definition) is 5. The monoisotopic (exact) mass is 389 g/mol. The fourth-order valence-electron chi connectivity index (χ4n) is 2.89. The van der Waals surface area contributed by atoms with Crippen LogP contribution >= 0.6 is 15.9 Å². The van der Waals surface area contributed by atoms with Gasteiger partial charge in [-0.25, -0.2) is 9.97 Å². The molecular weight excluding hydrogens is 370 g/mol. The maximum absolute atomic E-state index is 11.3. The molecule has 0 atom stereocenters. The molecule has 0 bridgehead atoms. The van der Waals surface area contributed by atoms with Crippen LogP contribution in [0.15, 0.2) is 41.1 Å². The molecule has 2 aromatic rings. The van der Waals surface area contributed by atoms with Crippen molar-refractivity contribution in [2.45, 2.75) is 19.4 Å². The standard InChI is InChI=1S/C17H20BrN5O/c18-14-3-4-15(22-11-14)21-10-13-2-1-7-20-17(13)23-8-5-12(6-9-23)16(19)24/h1-4,7,11-12H,5-6,8-10H2,(H2,19,24)(H,21,22). The van der Waals surface area contributed by atoms with Crippen molar-refractivity contribution in [3.8, 4) is 0 Å².